The highest BCUT2D eigenvalue weighted by Crippen LogP contribution is 2.26. The number of benzene rings is 1. The van der Waals surface area contributed by atoms with Gasteiger partial charge in [-0.1, -0.05) is 11.8 Å². The Morgan fingerprint density at radius 2 is 1.90 bits per heavy atom. The predicted molar refractivity (Wildman–Crippen MR) is 119 cm³/mol. The van der Waals surface area contributed by atoms with Crippen LogP contribution in [0.1, 0.15) is 26.7 Å². The Balaban J connectivity index is 1.63. The molecule has 1 fully saturated rings. The summed E-state index contributed by atoms with van der Waals surface area (Å²) in [5, 5.41) is 9.27. The highest BCUT2D eigenvalue weighted by Gasteiger charge is 2.27. The molecule has 1 aromatic heterocycles. The summed E-state index contributed by atoms with van der Waals surface area (Å²) >= 11 is 1.36. The Hall–Kier alpha value is -2.55. The fourth-order valence-corrected chi connectivity index (χ4v) is 4.57. The Bertz CT molecular complexity index is 878. The summed E-state index contributed by atoms with van der Waals surface area (Å²) < 4.78 is 1.91. The quantitative estimate of drug-likeness (QED) is 0.645. The monoisotopic (exact) mass is 430 g/mol. The van der Waals surface area contributed by atoms with E-state index in [1.54, 1.807) is 4.90 Å². The molecule has 1 atom stereocenters. The third-order valence-electron chi connectivity index (χ3n) is 5.59. The molecule has 2 N–H and O–H groups in total. The molecule has 0 bridgehead atoms. The number of nitrogens with zero attached hydrogens (tertiary/aromatic N) is 5. The molecule has 8 nitrogen and oxygen atoms in total. The van der Waals surface area contributed by atoms with E-state index in [4.69, 9.17) is 5.73 Å². The van der Waals surface area contributed by atoms with Crippen LogP contribution in [0.25, 0.3) is 11.4 Å². The van der Waals surface area contributed by atoms with Gasteiger partial charge in [0, 0.05) is 44.5 Å². The van der Waals surface area contributed by atoms with Gasteiger partial charge in [-0.2, -0.15) is 0 Å². The van der Waals surface area contributed by atoms with Crippen molar-refractivity contribution in [2.24, 2.45) is 18.7 Å². The summed E-state index contributed by atoms with van der Waals surface area (Å²) in [7, 11) is 1.91. The molecular formula is C21H30N6O2S. The second-order valence-corrected chi connectivity index (χ2v) is 8.40. The molecule has 0 saturated carbocycles. The number of nitrogens with two attached hydrogens (primary N) is 1. The molecule has 2 amide bonds. The van der Waals surface area contributed by atoms with Gasteiger partial charge < -0.3 is 20.1 Å². The third-order valence-corrected chi connectivity index (χ3v) is 6.60. The van der Waals surface area contributed by atoms with Crippen LogP contribution in [0.3, 0.4) is 0 Å². The number of thioether (sulfide) groups is 1. The number of likely N-dealkylation sites (tertiary alicyclic amines) is 1. The predicted octanol–water partition coefficient (Wildman–Crippen LogP) is 2.14. The fraction of sp³-hybridized carbons (Fsp3) is 0.524. The molecule has 2 aromatic rings. The molecular weight excluding hydrogens is 400 g/mol. The van der Waals surface area contributed by atoms with Crippen molar-refractivity contribution in [2.45, 2.75) is 31.8 Å². The first-order valence-electron chi connectivity index (χ1n) is 10.4. The summed E-state index contributed by atoms with van der Waals surface area (Å²) in [6.07, 6.45) is 1.56. The van der Waals surface area contributed by atoms with Crippen LogP contribution in [0, 0.1) is 5.92 Å². The van der Waals surface area contributed by atoms with Gasteiger partial charge in [0.15, 0.2) is 11.0 Å². The van der Waals surface area contributed by atoms with Crippen molar-refractivity contribution in [3.8, 4) is 11.4 Å². The topological polar surface area (TPSA) is 97.4 Å². The van der Waals surface area contributed by atoms with Gasteiger partial charge in [-0.3, -0.25) is 9.59 Å². The lowest BCUT2D eigenvalue weighted by Gasteiger charge is -2.31. The first-order valence-corrected chi connectivity index (χ1v) is 11.4. The largest absolute Gasteiger partial charge is 0.372 e. The van der Waals surface area contributed by atoms with E-state index in [9.17, 15) is 9.59 Å². The van der Waals surface area contributed by atoms with Gasteiger partial charge in [0.2, 0.25) is 11.8 Å². The van der Waals surface area contributed by atoms with Crippen molar-refractivity contribution >= 4 is 29.3 Å². The number of aromatic nitrogens is 3. The minimum absolute atomic E-state index is 0.000856. The maximum absolute atomic E-state index is 12.6. The molecule has 1 aliphatic heterocycles. The maximum Gasteiger partial charge on any atom is 0.233 e. The number of hydrogen-bond acceptors (Lipinski definition) is 6. The lowest BCUT2D eigenvalue weighted by atomic mass is 9.97. The average Bonchev–Trinajstić information content (AvgIpc) is 3.13. The normalized spacial score (nSPS) is 16.5. The van der Waals surface area contributed by atoms with Crippen LogP contribution in [-0.4, -0.2) is 63.4 Å². The van der Waals surface area contributed by atoms with Gasteiger partial charge in [0.1, 0.15) is 0 Å². The number of carbonyl (C=O) groups is 2. The van der Waals surface area contributed by atoms with Crippen LogP contribution >= 0.6 is 11.8 Å². The van der Waals surface area contributed by atoms with Crippen molar-refractivity contribution in [1.82, 2.24) is 19.7 Å². The Morgan fingerprint density at radius 1 is 1.20 bits per heavy atom. The van der Waals surface area contributed by atoms with E-state index in [-0.39, 0.29) is 23.5 Å². The Morgan fingerprint density at radius 3 is 2.53 bits per heavy atom. The van der Waals surface area contributed by atoms with Crippen molar-refractivity contribution < 1.29 is 9.59 Å². The summed E-state index contributed by atoms with van der Waals surface area (Å²) in [5.74, 6) is 0.457. The van der Waals surface area contributed by atoms with Gasteiger partial charge in [-0.05, 0) is 51.0 Å². The Labute approximate surface area is 181 Å². The van der Waals surface area contributed by atoms with Gasteiger partial charge in [0.05, 0.1) is 11.7 Å². The summed E-state index contributed by atoms with van der Waals surface area (Å²) in [6.45, 7) is 7.30. The molecule has 1 saturated heterocycles. The van der Waals surface area contributed by atoms with Gasteiger partial charge in [-0.25, -0.2) is 0 Å². The molecule has 0 spiro atoms. The van der Waals surface area contributed by atoms with E-state index in [0.29, 0.717) is 18.2 Å². The summed E-state index contributed by atoms with van der Waals surface area (Å²) in [4.78, 5) is 28.0. The third kappa shape index (κ3) is 4.95. The molecule has 0 unspecified atom stereocenters. The number of rotatable bonds is 8. The van der Waals surface area contributed by atoms with E-state index in [0.717, 1.165) is 37.3 Å². The Kier molecular flexibility index (Phi) is 7.36. The molecule has 3 rings (SSSR count). The standard InChI is InChI=1S/C21H30N6O2S/c1-4-26(5-2)17-10-8-15(9-11-17)20-23-24-21(25(20)3)30-14-18(28)27-12-6-7-16(13-27)19(22)29/h8-11,16H,4-7,12-14H2,1-3H3,(H2,22,29)/t16-/m0/s1. The molecule has 2 heterocycles. The number of piperidine rings is 1. The van der Waals surface area contributed by atoms with E-state index in [1.807, 2.05) is 11.6 Å². The first-order chi connectivity index (χ1) is 14.4. The van der Waals surface area contributed by atoms with E-state index in [1.165, 1.54) is 17.4 Å². The van der Waals surface area contributed by atoms with Crippen molar-refractivity contribution in [3.63, 3.8) is 0 Å². The molecule has 0 radical (unpaired) electrons. The SMILES string of the molecule is CCN(CC)c1ccc(-c2nnc(SCC(=O)N3CCC[C@H](C(N)=O)C3)n2C)cc1. The van der Waals surface area contributed by atoms with Crippen LogP contribution < -0.4 is 10.6 Å². The van der Waals surface area contributed by atoms with E-state index in [2.05, 4.69) is 53.2 Å². The van der Waals surface area contributed by atoms with Gasteiger partial charge >= 0.3 is 0 Å². The maximum atomic E-state index is 12.6. The smallest absolute Gasteiger partial charge is 0.233 e. The lowest BCUT2D eigenvalue weighted by molar-refractivity contribution is -0.132. The second-order valence-electron chi connectivity index (χ2n) is 7.45. The molecule has 1 aliphatic rings. The van der Waals surface area contributed by atoms with Gasteiger partial charge in [0.25, 0.3) is 0 Å². The molecule has 0 aliphatic carbocycles. The number of amides is 2. The highest BCUT2D eigenvalue weighted by atomic mass is 32.2. The average molecular weight is 431 g/mol. The van der Waals surface area contributed by atoms with Crippen molar-refractivity contribution in [1.29, 1.82) is 0 Å². The van der Waals surface area contributed by atoms with Crippen LogP contribution in [-0.2, 0) is 16.6 Å². The van der Waals surface area contributed by atoms with Crippen molar-refractivity contribution in [2.75, 3.05) is 36.8 Å². The zero-order valence-electron chi connectivity index (χ0n) is 17.9. The molecule has 1 aromatic carbocycles. The lowest BCUT2D eigenvalue weighted by Crippen LogP contribution is -2.44. The van der Waals surface area contributed by atoms with Crippen LogP contribution in [0.5, 0.6) is 0 Å². The minimum atomic E-state index is -0.329. The van der Waals surface area contributed by atoms with E-state index >= 15 is 0 Å². The van der Waals surface area contributed by atoms with E-state index < -0.39 is 0 Å². The minimum Gasteiger partial charge on any atom is -0.372 e. The zero-order valence-corrected chi connectivity index (χ0v) is 18.7. The number of anilines is 1. The van der Waals surface area contributed by atoms with Crippen molar-refractivity contribution in [3.05, 3.63) is 24.3 Å². The zero-order chi connectivity index (χ0) is 21.7. The molecule has 30 heavy (non-hydrogen) atoms. The summed E-state index contributed by atoms with van der Waals surface area (Å²) in [6, 6.07) is 8.29. The van der Waals surface area contributed by atoms with Crippen LogP contribution in [0.2, 0.25) is 0 Å². The second kappa shape index (κ2) is 9.97. The number of hydrogen-bond donors (Lipinski definition) is 1. The highest BCUT2D eigenvalue weighted by molar-refractivity contribution is 7.99. The van der Waals surface area contributed by atoms with Crippen LogP contribution in [0.4, 0.5) is 5.69 Å². The molecule has 162 valence electrons. The van der Waals surface area contributed by atoms with Crippen LogP contribution in [0.15, 0.2) is 29.4 Å². The number of primary amides is 1. The fourth-order valence-electron chi connectivity index (χ4n) is 3.76. The van der Waals surface area contributed by atoms with Gasteiger partial charge in [-0.15, -0.1) is 10.2 Å². The summed E-state index contributed by atoms with van der Waals surface area (Å²) in [5.41, 5.74) is 7.58. The molecule has 9 heteroatoms. The number of carbonyl (C=O) groups excluding carboxylic acids is 2. The first kappa shape index (κ1) is 22.1.